The van der Waals surface area contributed by atoms with Gasteiger partial charge in [0.15, 0.2) is 0 Å². The van der Waals surface area contributed by atoms with Crippen LogP contribution < -0.4 is 5.73 Å². The summed E-state index contributed by atoms with van der Waals surface area (Å²) in [5.74, 6) is 2.12. The Morgan fingerprint density at radius 3 is 2.74 bits per heavy atom. The molecule has 4 nitrogen and oxygen atoms in total. The van der Waals surface area contributed by atoms with Gasteiger partial charge in [0.05, 0.1) is 12.7 Å². The maximum Gasteiger partial charge on any atom is 0.226 e. The topological polar surface area (TPSA) is 61.3 Å². The van der Waals surface area contributed by atoms with E-state index < -0.39 is 0 Å². The van der Waals surface area contributed by atoms with E-state index >= 15 is 0 Å². The molecule has 23 heavy (non-hydrogen) atoms. The molecule has 2 aromatic rings. The lowest BCUT2D eigenvalue weighted by Gasteiger charge is -2.28. The van der Waals surface area contributed by atoms with Crippen molar-refractivity contribution in [3.05, 3.63) is 41.3 Å². The first-order valence-electron chi connectivity index (χ1n) is 8.50. The molecule has 1 aromatic heterocycles. The molecular formula is C19H26N2O2. The summed E-state index contributed by atoms with van der Waals surface area (Å²) in [7, 11) is 0. The van der Waals surface area contributed by atoms with Crippen LogP contribution in [0, 0.1) is 19.8 Å². The Balaban J connectivity index is 1.63. The number of ether oxygens (including phenoxy) is 1. The van der Waals surface area contributed by atoms with Gasteiger partial charge in [0.2, 0.25) is 5.89 Å². The highest BCUT2D eigenvalue weighted by Gasteiger charge is 2.22. The predicted octanol–water partition coefficient (Wildman–Crippen LogP) is 3.99. The van der Waals surface area contributed by atoms with E-state index in [0.717, 1.165) is 36.4 Å². The average Bonchev–Trinajstić information content (AvgIpc) is 2.95. The van der Waals surface area contributed by atoms with E-state index in [2.05, 4.69) is 24.0 Å². The first-order valence-corrected chi connectivity index (χ1v) is 8.50. The zero-order chi connectivity index (χ0) is 16.2. The fourth-order valence-corrected chi connectivity index (χ4v) is 3.19. The van der Waals surface area contributed by atoms with E-state index in [1.807, 2.05) is 19.1 Å². The molecule has 1 aliphatic carbocycles. The van der Waals surface area contributed by atoms with Gasteiger partial charge in [-0.1, -0.05) is 24.1 Å². The van der Waals surface area contributed by atoms with Gasteiger partial charge in [-0.05, 0) is 57.7 Å². The van der Waals surface area contributed by atoms with E-state index in [1.165, 1.54) is 18.4 Å². The fraction of sp³-hybridized carbons (Fsp3) is 0.526. The molecule has 0 aliphatic heterocycles. The number of hydrogen-bond donors (Lipinski definition) is 1. The van der Waals surface area contributed by atoms with Crippen molar-refractivity contribution in [2.75, 3.05) is 6.54 Å². The Bertz CT molecular complexity index is 633. The van der Waals surface area contributed by atoms with Crippen LogP contribution in [0.1, 0.15) is 42.7 Å². The van der Waals surface area contributed by atoms with Crippen molar-refractivity contribution in [1.82, 2.24) is 4.98 Å². The summed E-state index contributed by atoms with van der Waals surface area (Å²) >= 11 is 0. The van der Waals surface area contributed by atoms with Crippen LogP contribution in [0.2, 0.25) is 0 Å². The van der Waals surface area contributed by atoms with Crippen LogP contribution in [-0.4, -0.2) is 17.6 Å². The standard InChI is InChI=1S/C19H26N2O2/c1-13-6-8-16(9-7-13)19-21-18(14(2)23-19)12-22-17-5-3-4-15(10-17)11-20/h6-9,15,17H,3-5,10-12,20H2,1-2H3/t15-,17+/m0/s1. The third-order valence-corrected chi connectivity index (χ3v) is 4.71. The Hall–Kier alpha value is -1.65. The third kappa shape index (κ3) is 4.01. The van der Waals surface area contributed by atoms with Crippen molar-refractivity contribution in [1.29, 1.82) is 0 Å². The van der Waals surface area contributed by atoms with Crippen molar-refractivity contribution in [2.45, 2.75) is 52.2 Å². The normalized spacial score (nSPS) is 21.5. The first-order chi connectivity index (χ1) is 11.2. The second-order valence-corrected chi connectivity index (χ2v) is 6.59. The number of rotatable bonds is 5. The van der Waals surface area contributed by atoms with Crippen molar-refractivity contribution in [2.24, 2.45) is 11.7 Å². The Morgan fingerprint density at radius 2 is 2.00 bits per heavy atom. The van der Waals surface area contributed by atoms with Crippen LogP contribution in [0.25, 0.3) is 11.5 Å². The number of aromatic nitrogens is 1. The number of hydrogen-bond acceptors (Lipinski definition) is 4. The molecule has 1 aromatic carbocycles. The molecule has 1 aliphatic rings. The van der Waals surface area contributed by atoms with Gasteiger partial charge in [-0.25, -0.2) is 4.98 Å². The van der Waals surface area contributed by atoms with Gasteiger partial charge in [-0.15, -0.1) is 0 Å². The lowest BCUT2D eigenvalue weighted by atomic mass is 9.87. The van der Waals surface area contributed by atoms with Crippen LogP contribution in [0.15, 0.2) is 28.7 Å². The van der Waals surface area contributed by atoms with Gasteiger partial charge in [0.1, 0.15) is 11.5 Å². The van der Waals surface area contributed by atoms with E-state index in [9.17, 15) is 0 Å². The number of benzene rings is 1. The van der Waals surface area contributed by atoms with Gasteiger partial charge in [-0.3, -0.25) is 0 Å². The molecule has 124 valence electrons. The van der Waals surface area contributed by atoms with Crippen molar-refractivity contribution in [3.63, 3.8) is 0 Å². The molecule has 0 bridgehead atoms. The highest BCUT2D eigenvalue weighted by atomic mass is 16.5. The Kier molecular flexibility index (Phi) is 5.13. The summed E-state index contributed by atoms with van der Waals surface area (Å²) in [5, 5.41) is 0. The molecule has 1 fully saturated rings. The molecule has 1 saturated carbocycles. The monoisotopic (exact) mass is 314 g/mol. The lowest BCUT2D eigenvalue weighted by Crippen LogP contribution is -2.27. The highest BCUT2D eigenvalue weighted by Crippen LogP contribution is 2.27. The molecule has 1 heterocycles. The van der Waals surface area contributed by atoms with E-state index in [-0.39, 0.29) is 0 Å². The van der Waals surface area contributed by atoms with Gasteiger partial charge in [0, 0.05) is 5.56 Å². The van der Waals surface area contributed by atoms with Crippen LogP contribution in [-0.2, 0) is 11.3 Å². The van der Waals surface area contributed by atoms with Crippen molar-refractivity contribution in [3.8, 4) is 11.5 Å². The minimum Gasteiger partial charge on any atom is -0.441 e. The molecule has 0 saturated heterocycles. The lowest BCUT2D eigenvalue weighted by molar-refractivity contribution is 0.00170. The van der Waals surface area contributed by atoms with Crippen LogP contribution in [0.4, 0.5) is 0 Å². The molecule has 3 rings (SSSR count). The Labute approximate surface area is 138 Å². The quantitative estimate of drug-likeness (QED) is 0.906. The summed E-state index contributed by atoms with van der Waals surface area (Å²) in [5.41, 5.74) is 8.93. The largest absolute Gasteiger partial charge is 0.441 e. The number of oxazole rings is 1. The van der Waals surface area contributed by atoms with Crippen LogP contribution >= 0.6 is 0 Å². The Morgan fingerprint density at radius 1 is 1.22 bits per heavy atom. The molecule has 2 N–H and O–H groups in total. The van der Waals surface area contributed by atoms with E-state index in [0.29, 0.717) is 24.5 Å². The SMILES string of the molecule is Cc1ccc(-c2nc(CO[C@@H]3CCC[C@H](CN)C3)c(C)o2)cc1. The van der Waals surface area contributed by atoms with Gasteiger partial charge in [0.25, 0.3) is 0 Å². The highest BCUT2D eigenvalue weighted by molar-refractivity contribution is 5.54. The fourth-order valence-electron chi connectivity index (χ4n) is 3.19. The molecule has 0 amide bonds. The summed E-state index contributed by atoms with van der Waals surface area (Å²) < 4.78 is 11.9. The molecular weight excluding hydrogens is 288 g/mol. The summed E-state index contributed by atoms with van der Waals surface area (Å²) in [6, 6.07) is 8.22. The second kappa shape index (κ2) is 7.28. The van der Waals surface area contributed by atoms with Crippen LogP contribution in [0.3, 0.4) is 0 Å². The van der Waals surface area contributed by atoms with Gasteiger partial charge >= 0.3 is 0 Å². The van der Waals surface area contributed by atoms with Crippen LogP contribution in [0.5, 0.6) is 0 Å². The predicted molar refractivity (Wildman–Crippen MR) is 91.0 cm³/mol. The third-order valence-electron chi connectivity index (χ3n) is 4.71. The molecule has 4 heteroatoms. The molecule has 0 radical (unpaired) electrons. The van der Waals surface area contributed by atoms with E-state index in [1.54, 1.807) is 0 Å². The minimum atomic E-state index is 0.302. The van der Waals surface area contributed by atoms with E-state index in [4.69, 9.17) is 14.9 Å². The summed E-state index contributed by atoms with van der Waals surface area (Å²) in [6.07, 6.45) is 4.93. The summed E-state index contributed by atoms with van der Waals surface area (Å²) in [6.45, 7) is 5.30. The molecule has 0 spiro atoms. The zero-order valence-electron chi connectivity index (χ0n) is 14.0. The number of nitrogens with zero attached hydrogens (tertiary/aromatic N) is 1. The average molecular weight is 314 g/mol. The zero-order valence-corrected chi connectivity index (χ0v) is 14.0. The second-order valence-electron chi connectivity index (χ2n) is 6.59. The molecule has 0 unspecified atom stereocenters. The first kappa shape index (κ1) is 16.2. The maximum atomic E-state index is 6.07. The van der Waals surface area contributed by atoms with Crippen molar-refractivity contribution >= 4 is 0 Å². The van der Waals surface area contributed by atoms with Gasteiger partial charge in [-0.2, -0.15) is 0 Å². The minimum absolute atomic E-state index is 0.302. The van der Waals surface area contributed by atoms with Gasteiger partial charge < -0.3 is 14.9 Å². The number of nitrogens with two attached hydrogens (primary N) is 1. The molecule has 2 atom stereocenters. The smallest absolute Gasteiger partial charge is 0.226 e. The number of aryl methyl sites for hydroxylation is 2. The van der Waals surface area contributed by atoms with Crippen molar-refractivity contribution < 1.29 is 9.15 Å². The maximum absolute atomic E-state index is 6.07. The summed E-state index contributed by atoms with van der Waals surface area (Å²) in [4.78, 5) is 4.62.